The lowest BCUT2D eigenvalue weighted by atomic mass is 10.0. The highest BCUT2D eigenvalue weighted by atomic mass is 14.6. The highest BCUT2D eigenvalue weighted by Gasteiger charge is 2.15. The van der Waals surface area contributed by atoms with Crippen molar-refractivity contribution in [1.82, 2.24) is 0 Å². The van der Waals surface area contributed by atoms with Gasteiger partial charge in [-0.15, -0.1) is 0 Å². The Labute approximate surface area is 117 Å². The topological polar surface area (TPSA) is 26.0 Å². The van der Waals surface area contributed by atoms with Crippen LogP contribution in [0.3, 0.4) is 0 Å². The largest absolute Gasteiger partial charge is 0.399 e. The molecule has 2 rings (SSSR count). The molecule has 0 heterocycles. The highest BCUT2D eigenvalue weighted by Crippen LogP contribution is 2.30. The number of aryl methyl sites for hydroxylation is 1. The molecule has 0 aliphatic heterocycles. The van der Waals surface area contributed by atoms with E-state index >= 15 is 0 Å². The number of hydrogen-bond acceptors (Lipinski definition) is 1. The van der Waals surface area contributed by atoms with E-state index in [-0.39, 0.29) is 0 Å². The Kier molecular flexibility index (Phi) is 4.47. The second-order valence-electron chi connectivity index (χ2n) is 5.53. The molecule has 102 valence electrons. The Morgan fingerprint density at radius 3 is 2.74 bits per heavy atom. The summed E-state index contributed by atoms with van der Waals surface area (Å²) < 4.78 is 0. The number of nitrogens with two attached hydrogens (primary N) is 1. The fourth-order valence-electron chi connectivity index (χ4n) is 2.64. The van der Waals surface area contributed by atoms with Crippen molar-refractivity contribution in [2.45, 2.75) is 52.9 Å². The van der Waals surface area contributed by atoms with Crippen LogP contribution in [0.4, 0.5) is 0 Å². The number of rotatable bonds is 5. The Bertz CT molecular complexity index is 520. The predicted molar refractivity (Wildman–Crippen MR) is 83.9 cm³/mol. The van der Waals surface area contributed by atoms with Gasteiger partial charge in [0.15, 0.2) is 0 Å². The Morgan fingerprint density at radius 1 is 1.26 bits per heavy atom. The Morgan fingerprint density at radius 2 is 2.05 bits per heavy atom. The quantitative estimate of drug-likeness (QED) is 0.816. The molecule has 0 fully saturated rings. The smallest absolute Gasteiger partial charge is 0.0339 e. The van der Waals surface area contributed by atoms with Gasteiger partial charge in [0.25, 0.3) is 0 Å². The maximum Gasteiger partial charge on any atom is 0.0339 e. The van der Waals surface area contributed by atoms with E-state index in [1.807, 2.05) is 0 Å². The fraction of sp³-hybridized carbons (Fsp3) is 0.444. The molecular formula is C18H25N. The lowest BCUT2D eigenvalue weighted by Crippen LogP contribution is -2.05. The van der Waals surface area contributed by atoms with Gasteiger partial charge in [0.2, 0.25) is 0 Å². The standard InChI is InChI=1S/C18H25N/c1-4-6-7-13(3)18(19)17-11-15-9-8-14(5-2)10-16(15)12-17/h8-11H,4-7,12,19H2,1-3H3/b18-13+. The summed E-state index contributed by atoms with van der Waals surface area (Å²) in [5.41, 5.74) is 14.2. The van der Waals surface area contributed by atoms with Crippen molar-refractivity contribution >= 4 is 6.08 Å². The summed E-state index contributed by atoms with van der Waals surface area (Å²) in [4.78, 5) is 0. The molecule has 0 radical (unpaired) electrons. The molecule has 2 N–H and O–H groups in total. The minimum atomic E-state index is 0.998. The van der Waals surface area contributed by atoms with Crippen LogP contribution >= 0.6 is 0 Å². The van der Waals surface area contributed by atoms with Crippen molar-refractivity contribution in [3.63, 3.8) is 0 Å². The van der Waals surface area contributed by atoms with Gasteiger partial charge in [-0.05, 0) is 54.5 Å². The number of benzene rings is 1. The van der Waals surface area contributed by atoms with Gasteiger partial charge in [-0.2, -0.15) is 0 Å². The third-order valence-electron chi connectivity index (χ3n) is 4.04. The molecule has 0 unspecified atom stereocenters. The lowest BCUT2D eigenvalue weighted by molar-refractivity contribution is 0.780. The molecule has 0 amide bonds. The van der Waals surface area contributed by atoms with Crippen LogP contribution in [0.5, 0.6) is 0 Å². The van der Waals surface area contributed by atoms with Crippen molar-refractivity contribution < 1.29 is 0 Å². The molecule has 1 aromatic rings. The first-order valence-electron chi connectivity index (χ1n) is 7.43. The zero-order chi connectivity index (χ0) is 13.8. The molecule has 0 bridgehead atoms. The zero-order valence-electron chi connectivity index (χ0n) is 12.4. The van der Waals surface area contributed by atoms with Crippen LogP contribution in [0.1, 0.15) is 56.7 Å². The minimum absolute atomic E-state index is 0.998. The highest BCUT2D eigenvalue weighted by molar-refractivity contribution is 5.68. The minimum Gasteiger partial charge on any atom is -0.399 e. The van der Waals surface area contributed by atoms with Crippen molar-refractivity contribution in [2.24, 2.45) is 5.73 Å². The third kappa shape index (κ3) is 3.09. The monoisotopic (exact) mass is 255 g/mol. The van der Waals surface area contributed by atoms with Crippen LogP contribution in [0.25, 0.3) is 6.08 Å². The van der Waals surface area contributed by atoms with Gasteiger partial charge in [-0.1, -0.05) is 44.0 Å². The number of allylic oxidation sites excluding steroid dienone is 2. The third-order valence-corrected chi connectivity index (χ3v) is 4.04. The van der Waals surface area contributed by atoms with Crippen LogP contribution in [0, 0.1) is 0 Å². The predicted octanol–water partition coefficient (Wildman–Crippen LogP) is 4.61. The average Bonchev–Trinajstić information content (AvgIpc) is 2.86. The van der Waals surface area contributed by atoms with Gasteiger partial charge in [0.1, 0.15) is 0 Å². The van der Waals surface area contributed by atoms with E-state index in [0.717, 1.165) is 25.0 Å². The molecule has 0 aromatic heterocycles. The van der Waals surface area contributed by atoms with Gasteiger partial charge >= 0.3 is 0 Å². The molecular weight excluding hydrogens is 230 g/mol. The van der Waals surface area contributed by atoms with Gasteiger partial charge in [0.05, 0.1) is 0 Å². The summed E-state index contributed by atoms with van der Waals surface area (Å²) in [6.45, 7) is 6.60. The number of unbranched alkanes of at least 4 members (excludes halogenated alkanes) is 1. The van der Waals surface area contributed by atoms with Gasteiger partial charge < -0.3 is 5.73 Å². The first kappa shape index (κ1) is 13.9. The van der Waals surface area contributed by atoms with Gasteiger partial charge in [0, 0.05) is 12.1 Å². The summed E-state index contributed by atoms with van der Waals surface area (Å²) >= 11 is 0. The van der Waals surface area contributed by atoms with E-state index in [0.29, 0.717) is 0 Å². The normalized spacial score (nSPS) is 15.0. The van der Waals surface area contributed by atoms with Crippen LogP contribution in [0.2, 0.25) is 0 Å². The summed E-state index contributed by atoms with van der Waals surface area (Å²) in [5, 5.41) is 0. The van der Waals surface area contributed by atoms with Crippen molar-refractivity contribution in [2.75, 3.05) is 0 Å². The maximum atomic E-state index is 6.32. The van der Waals surface area contributed by atoms with E-state index in [9.17, 15) is 0 Å². The van der Waals surface area contributed by atoms with E-state index in [2.05, 4.69) is 45.0 Å². The fourth-order valence-corrected chi connectivity index (χ4v) is 2.64. The summed E-state index contributed by atoms with van der Waals surface area (Å²) in [6.07, 6.45) is 7.94. The van der Waals surface area contributed by atoms with Crippen LogP contribution in [-0.4, -0.2) is 0 Å². The molecule has 1 aliphatic carbocycles. The molecule has 0 saturated carbocycles. The molecule has 0 saturated heterocycles. The first-order valence-corrected chi connectivity index (χ1v) is 7.43. The van der Waals surface area contributed by atoms with Gasteiger partial charge in [-0.3, -0.25) is 0 Å². The number of hydrogen-bond donors (Lipinski definition) is 1. The molecule has 1 heteroatoms. The molecule has 1 aromatic carbocycles. The SMILES string of the molecule is CCCC/C(C)=C(/N)C1=Cc2ccc(CC)cc2C1. The van der Waals surface area contributed by atoms with Crippen LogP contribution < -0.4 is 5.73 Å². The van der Waals surface area contributed by atoms with Crippen molar-refractivity contribution in [3.8, 4) is 0 Å². The summed E-state index contributed by atoms with van der Waals surface area (Å²) in [7, 11) is 0. The molecule has 1 nitrogen and oxygen atoms in total. The molecule has 0 spiro atoms. The average molecular weight is 255 g/mol. The maximum absolute atomic E-state index is 6.32. The van der Waals surface area contributed by atoms with Crippen molar-refractivity contribution in [1.29, 1.82) is 0 Å². The van der Waals surface area contributed by atoms with Crippen LogP contribution in [0.15, 0.2) is 35.0 Å². The second kappa shape index (κ2) is 6.10. The van der Waals surface area contributed by atoms with E-state index in [4.69, 9.17) is 5.73 Å². The zero-order valence-corrected chi connectivity index (χ0v) is 12.4. The Hall–Kier alpha value is -1.50. The van der Waals surface area contributed by atoms with E-state index in [1.54, 1.807) is 0 Å². The van der Waals surface area contributed by atoms with E-state index < -0.39 is 0 Å². The van der Waals surface area contributed by atoms with Gasteiger partial charge in [-0.25, -0.2) is 0 Å². The first-order chi connectivity index (χ1) is 9.15. The van der Waals surface area contributed by atoms with E-state index in [1.165, 1.54) is 40.7 Å². The Balaban J connectivity index is 2.18. The molecule has 0 atom stereocenters. The second-order valence-corrected chi connectivity index (χ2v) is 5.53. The van der Waals surface area contributed by atoms with Crippen molar-refractivity contribution in [3.05, 3.63) is 51.7 Å². The summed E-state index contributed by atoms with van der Waals surface area (Å²) in [5.74, 6) is 0. The number of fused-ring (bicyclic) bond motifs is 1. The lowest BCUT2D eigenvalue weighted by Gasteiger charge is -2.08. The molecule has 1 aliphatic rings. The molecule has 19 heavy (non-hydrogen) atoms. The van der Waals surface area contributed by atoms with Crippen LogP contribution in [-0.2, 0) is 12.8 Å². The summed E-state index contributed by atoms with van der Waals surface area (Å²) in [6, 6.07) is 6.78.